The van der Waals surface area contributed by atoms with Gasteiger partial charge in [-0.05, 0) is 44.5 Å². The molecule has 0 spiro atoms. The maximum atomic E-state index is 12.0. The Morgan fingerprint density at radius 2 is 2.18 bits per heavy atom. The molecular formula is C15H23N3O3S. The molecule has 0 radical (unpaired) electrons. The molecule has 2 rings (SSSR count). The summed E-state index contributed by atoms with van der Waals surface area (Å²) in [6, 6.07) is 1.93. The molecule has 2 heterocycles. The molecule has 1 fully saturated rings. The third kappa shape index (κ3) is 4.51. The lowest BCUT2D eigenvalue weighted by Gasteiger charge is -2.22. The highest BCUT2D eigenvalue weighted by Gasteiger charge is 2.31. The van der Waals surface area contributed by atoms with Crippen molar-refractivity contribution in [2.75, 3.05) is 25.1 Å². The number of sulfone groups is 1. The van der Waals surface area contributed by atoms with Gasteiger partial charge in [-0.1, -0.05) is 0 Å². The lowest BCUT2D eigenvalue weighted by atomic mass is 10.1. The molecule has 0 saturated carbocycles. The van der Waals surface area contributed by atoms with Crippen LogP contribution in [0.1, 0.15) is 23.2 Å². The number of carbonyl (C=O) groups is 1. The highest BCUT2D eigenvalue weighted by molar-refractivity contribution is 7.91. The zero-order valence-corrected chi connectivity index (χ0v) is 14.1. The van der Waals surface area contributed by atoms with Crippen molar-refractivity contribution in [3.63, 3.8) is 0 Å². The number of amides is 1. The summed E-state index contributed by atoms with van der Waals surface area (Å²) in [5, 5.41) is 2.86. The Morgan fingerprint density at radius 1 is 1.45 bits per heavy atom. The van der Waals surface area contributed by atoms with Crippen LogP contribution in [0.4, 0.5) is 0 Å². The average molecular weight is 325 g/mol. The summed E-state index contributed by atoms with van der Waals surface area (Å²) in [7, 11) is -1.13. The van der Waals surface area contributed by atoms with E-state index < -0.39 is 9.84 Å². The van der Waals surface area contributed by atoms with E-state index in [-0.39, 0.29) is 30.0 Å². The summed E-state index contributed by atoms with van der Waals surface area (Å²) in [4.78, 5) is 18.0. The first kappa shape index (κ1) is 16.9. The number of aromatic nitrogens is 1. The van der Waals surface area contributed by atoms with Gasteiger partial charge >= 0.3 is 0 Å². The minimum absolute atomic E-state index is 0.0569. The van der Waals surface area contributed by atoms with Gasteiger partial charge in [0.1, 0.15) is 0 Å². The van der Waals surface area contributed by atoms with Crippen LogP contribution in [0.15, 0.2) is 12.3 Å². The minimum Gasteiger partial charge on any atom is -0.351 e. The van der Waals surface area contributed by atoms with Gasteiger partial charge < -0.3 is 5.32 Å². The Balaban J connectivity index is 1.83. The van der Waals surface area contributed by atoms with E-state index >= 15 is 0 Å². The van der Waals surface area contributed by atoms with Gasteiger partial charge in [0.15, 0.2) is 9.84 Å². The van der Waals surface area contributed by atoms with Crippen molar-refractivity contribution in [1.29, 1.82) is 0 Å². The molecule has 1 atom stereocenters. The number of nitrogens with one attached hydrogen (secondary N) is 1. The van der Waals surface area contributed by atoms with E-state index in [2.05, 4.69) is 10.3 Å². The summed E-state index contributed by atoms with van der Waals surface area (Å²) in [6.07, 6.45) is 2.38. The van der Waals surface area contributed by atoms with Crippen LogP contribution in [-0.2, 0) is 21.2 Å². The number of hydrogen-bond acceptors (Lipinski definition) is 5. The van der Waals surface area contributed by atoms with Gasteiger partial charge in [0.05, 0.1) is 18.1 Å². The largest absolute Gasteiger partial charge is 0.351 e. The predicted octanol–water partition coefficient (Wildman–Crippen LogP) is 0.434. The second-order valence-corrected chi connectivity index (χ2v) is 8.23. The SMILES string of the molecule is Cc1cc(C)c(CNC(=O)CN(C)C2CCS(=O)(=O)C2)cn1. The smallest absolute Gasteiger partial charge is 0.234 e. The van der Waals surface area contributed by atoms with Crippen LogP contribution < -0.4 is 5.32 Å². The Hall–Kier alpha value is -1.47. The molecule has 1 unspecified atom stereocenters. The summed E-state index contributed by atoms with van der Waals surface area (Å²) >= 11 is 0. The monoisotopic (exact) mass is 325 g/mol. The Kier molecular flexibility index (Phi) is 5.18. The normalized spacial score (nSPS) is 20.3. The van der Waals surface area contributed by atoms with Gasteiger partial charge in [0.25, 0.3) is 0 Å². The molecule has 0 aliphatic carbocycles. The third-order valence-electron chi connectivity index (χ3n) is 4.06. The van der Waals surface area contributed by atoms with E-state index in [1.54, 1.807) is 13.2 Å². The maximum absolute atomic E-state index is 12.0. The summed E-state index contributed by atoms with van der Waals surface area (Å²) in [5.74, 6) is 0.266. The Morgan fingerprint density at radius 3 is 2.77 bits per heavy atom. The predicted molar refractivity (Wildman–Crippen MR) is 85.2 cm³/mol. The average Bonchev–Trinajstić information content (AvgIpc) is 2.78. The summed E-state index contributed by atoms with van der Waals surface area (Å²) in [5.41, 5.74) is 3.04. The molecule has 1 aliphatic rings. The lowest BCUT2D eigenvalue weighted by Crippen LogP contribution is -2.41. The van der Waals surface area contributed by atoms with Gasteiger partial charge in [-0.2, -0.15) is 0 Å². The quantitative estimate of drug-likeness (QED) is 0.849. The molecule has 122 valence electrons. The number of rotatable bonds is 5. The molecule has 0 aromatic carbocycles. The topological polar surface area (TPSA) is 79.4 Å². The van der Waals surface area contributed by atoms with Crippen molar-refractivity contribution in [2.24, 2.45) is 0 Å². The summed E-state index contributed by atoms with van der Waals surface area (Å²) in [6.45, 7) is 4.57. The maximum Gasteiger partial charge on any atom is 0.234 e. The molecule has 1 aromatic rings. The van der Waals surface area contributed by atoms with Crippen molar-refractivity contribution in [3.8, 4) is 0 Å². The number of hydrogen-bond donors (Lipinski definition) is 1. The summed E-state index contributed by atoms with van der Waals surface area (Å²) < 4.78 is 22.9. The van der Waals surface area contributed by atoms with E-state index in [0.29, 0.717) is 13.0 Å². The molecule has 6 nitrogen and oxygen atoms in total. The zero-order valence-electron chi connectivity index (χ0n) is 13.3. The molecule has 1 N–H and O–H groups in total. The zero-order chi connectivity index (χ0) is 16.3. The number of aryl methyl sites for hydroxylation is 2. The Bertz CT molecular complexity index is 658. The number of nitrogens with zero attached hydrogens (tertiary/aromatic N) is 2. The van der Waals surface area contributed by atoms with Gasteiger partial charge in [-0.25, -0.2) is 8.42 Å². The number of carbonyl (C=O) groups excluding carboxylic acids is 1. The molecule has 7 heteroatoms. The van der Waals surface area contributed by atoms with Gasteiger partial charge in [0.2, 0.25) is 5.91 Å². The Labute approximate surface area is 131 Å². The fourth-order valence-corrected chi connectivity index (χ4v) is 4.44. The molecule has 22 heavy (non-hydrogen) atoms. The first-order valence-electron chi connectivity index (χ1n) is 7.36. The van der Waals surface area contributed by atoms with Crippen LogP contribution in [0.5, 0.6) is 0 Å². The first-order chi connectivity index (χ1) is 10.3. The molecule has 1 amide bonds. The number of likely N-dealkylation sites (N-methyl/N-ethyl adjacent to an activating group) is 1. The second-order valence-electron chi connectivity index (χ2n) is 6.00. The fraction of sp³-hybridized carbons (Fsp3) is 0.600. The third-order valence-corrected chi connectivity index (χ3v) is 5.81. The van der Waals surface area contributed by atoms with Crippen LogP contribution >= 0.6 is 0 Å². The molecule has 1 saturated heterocycles. The number of pyridine rings is 1. The molecule has 0 bridgehead atoms. The van der Waals surface area contributed by atoms with Crippen molar-refractivity contribution in [2.45, 2.75) is 32.9 Å². The van der Waals surface area contributed by atoms with E-state index in [1.165, 1.54) is 0 Å². The molecule has 1 aliphatic heterocycles. The van der Waals surface area contributed by atoms with Crippen molar-refractivity contribution >= 4 is 15.7 Å². The van der Waals surface area contributed by atoms with Crippen molar-refractivity contribution in [1.82, 2.24) is 15.2 Å². The standard InChI is InChI=1S/C15H23N3O3S/c1-11-6-12(2)16-7-13(11)8-17-15(19)9-18(3)14-4-5-22(20,21)10-14/h6-7,14H,4-5,8-10H2,1-3H3,(H,17,19). The van der Waals surface area contributed by atoms with Gasteiger partial charge in [-0.15, -0.1) is 0 Å². The van der Waals surface area contributed by atoms with E-state index in [1.807, 2.05) is 24.8 Å². The van der Waals surface area contributed by atoms with Crippen LogP contribution in [-0.4, -0.2) is 55.3 Å². The van der Waals surface area contributed by atoms with E-state index in [9.17, 15) is 13.2 Å². The van der Waals surface area contributed by atoms with Crippen molar-refractivity contribution in [3.05, 3.63) is 29.1 Å². The van der Waals surface area contributed by atoms with Crippen LogP contribution in [0.2, 0.25) is 0 Å². The lowest BCUT2D eigenvalue weighted by molar-refractivity contribution is -0.122. The van der Waals surface area contributed by atoms with E-state index in [0.717, 1.165) is 16.8 Å². The minimum atomic E-state index is -2.92. The molecular weight excluding hydrogens is 302 g/mol. The van der Waals surface area contributed by atoms with E-state index in [4.69, 9.17) is 0 Å². The van der Waals surface area contributed by atoms with Gasteiger partial charge in [-0.3, -0.25) is 14.7 Å². The first-order valence-corrected chi connectivity index (χ1v) is 9.18. The highest BCUT2D eigenvalue weighted by atomic mass is 32.2. The van der Waals surface area contributed by atoms with Crippen LogP contribution in [0.25, 0.3) is 0 Å². The molecule has 1 aromatic heterocycles. The van der Waals surface area contributed by atoms with Gasteiger partial charge in [0, 0.05) is 24.5 Å². The fourth-order valence-electron chi connectivity index (χ4n) is 2.64. The second kappa shape index (κ2) is 6.75. The highest BCUT2D eigenvalue weighted by Crippen LogP contribution is 2.16. The van der Waals surface area contributed by atoms with Crippen LogP contribution in [0.3, 0.4) is 0 Å². The van der Waals surface area contributed by atoms with Crippen molar-refractivity contribution < 1.29 is 13.2 Å². The van der Waals surface area contributed by atoms with Crippen LogP contribution in [0, 0.1) is 13.8 Å².